The topological polar surface area (TPSA) is 58.2 Å². The largest absolute Gasteiger partial charge is 0.321 e. The first-order valence-corrected chi connectivity index (χ1v) is 13.5. The van der Waals surface area contributed by atoms with Gasteiger partial charge in [0.05, 0.1) is 11.4 Å². The van der Waals surface area contributed by atoms with Crippen LogP contribution in [0.3, 0.4) is 0 Å². The summed E-state index contributed by atoms with van der Waals surface area (Å²) in [7, 11) is 0. The molecule has 0 saturated carbocycles. The second kappa shape index (κ2) is 11.0. The number of amides is 2. The van der Waals surface area contributed by atoms with E-state index >= 15 is 0 Å². The van der Waals surface area contributed by atoms with Crippen molar-refractivity contribution < 1.29 is 9.59 Å². The van der Waals surface area contributed by atoms with Crippen molar-refractivity contribution in [3.05, 3.63) is 127 Å². The van der Waals surface area contributed by atoms with E-state index in [0.717, 1.165) is 42.6 Å². The summed E-state index contributed by atoms with van der Waals surface area (Å²) in [6.07, 6.45) is 0. The minimum Gasteiger partial charge on any atom is -0.321 e. The number of rotatable bonds is 6. The molecule has 0 fully saturated rings. The van der Waals surface area contributed by atoms with Crippen LogP contribution in [-0.2, 0) is 5.41 Å². The molecule has 0 aliphatic rings. The second-order valence-electron chi connectivity index (χ2n) is 9.57. The highest BCUT2D eigenvalue weighted by atomic mass is 79.9. The second-order valence-corrected chi connectivity index (χ2v) is 11.3. The molecular weight excluding hydrogens is 592 g/mol. The number of anilines is 2. The van der Waals surface area contributed by atoms with E-state index in [-0.39, 0.29) is 17.2 Å². The van der Waals surface area contributed by atoms with Crippen molar-refractivity contribution in [3.8, 4) is 0 Å². The Morgan fingerprint density at radius 2 is 0.973 bits per heavy atom. The van der Waals surface area contributed by atoms with Crippen molar-refractivity contribution in [3.63, 3.8) is 0 Å². The predicted octanol–water partition coefficient (Wildman–Crippen LogP) is 8.66. The molecule has 0 aliphatic carbocycles. The summed E-state index contributed by atoms with van der Waals surface area (Å²) in [6, 6.07) is 26.7. The number of benzene rings is 4. The van der Waals surface area contributed by atoms with Crippen LogP contribution in [-0.4, -0.2) is 11.8 Å². The summed E-state index contributed by atoms with van der Waals surface area (Å²) in [4.78, 5) is 25.5. The highest BCUT2D eigenvalue weighted by molar-refractivity contribution is 9.11. The van der Waals surface area contributed by atoms with Gasteiger partial charge in [0.15, 0.2) is 0 Å². The molecule has 0 spiro atoms. The summed E-state index contributed by atoms with van der Waals surface area (Å²) in [5, 5.41) is 6.07. The Labute approximate surface area is 234 Å². The quantitative estimate of drug-likeness (QED) is 0.227. The molecule has 188 valence electrons. The van der Waals surface area contributed by atoms with Gasteiger partial charge in [0, 0.05) is 25.5 Å². The molecule has 0 atom stereocenters. The lowest BCUT2D eigenvalue weighted by molar-refractivity contribution is 0.101. The standard InChI is InChI=1S/C31H28Br2N2O2/c1-19-15-23(17-25(32)27(19)34-29(36)21-11-7-5-8-12-21)31(3,4)24-16-20(2)28(26(33)18-24)35-30(37)22-13-9-6-10-14-22/h5-18H,1-4H3,(H,34,36)(H,35,37). The molecule has 6 heteroatoms. The van der Waals surface area contributed by atoms with E-state index in [0.29, 0.717) is 11.1 Å². The molecule has 4 rings (SSSR count). The maximum absolute atomic E-state index is 12.7. The molecule has 4 aromatic rings. The summed E-state index contributed by atoms with van der Waals surface area (Å²) >= 11 is 7.36. The Kier molecular flexibility index (Phi) is 8.00. The van der Waals surface area contributed by atoms with Gasteiger partial charge in [-0.3, -0.25) is 9.59 Å². The first-order valence-electron chi connectivity index (χ1n) is 11.9. The fourth-order valence-electron chi connectivity index (χ4n) is 4.24. The lowest BCUT2D eigenvalue weighted by Gasteiger charge is -2.29. The lowest BCUT2D eigenvalue weighted by Crippen LogP contribution is -2.21. The number of carbonyl (C=O) groups excluding carboxylic acids is 2. The molecule has 0 aliphatic heterocycles. The summed E-state index contributed by atoms with van der Waals surface area (Å²) in [6.45, 7) is 8.32. The third-order valence-corrected chi connectivity index (χ3v) is 7.82. The smallest absolute Gasteiger partial charge is 0.255 e. The first-order chi connectivity index (χ1) is 17.6. The summed E-state index contributed by atoms with van der Waals surface area (Å²) in [5.41, 5.74) is 6.51. The van der Waals surface area contributed by atoms with Crippen LogP contribution in [0.4, 0.5) is 11.4 Å². The lowest BCUT2D eigenvalue weighted by atomic mass is 9.77. The third-order valence-electron chi connectivity index (χ3n) is 6.57. The molecular formula is C31H28Br2N2O2. The van der Waals surface area contributed by atoms with Crippen molar-refractivity contribution in [1.82, 2.24) is 0 Å². The van der Waals surface area contributed by atoms with E-state index < -0.39 is 0 Å². The van der Waals surface area contributed by atoms with E-state index in [1.165, 1.54) is 0 Å². The number of carbonyl (C=O) groups is 2. The molecule has 2 amide bonds. The molecule has 4 aromatic carbocycles. The number of nitrogens with one attached hydrogen (secondary N) is 2. The van der Waals surface area contributed by atoms with Crippen molar-refractivity contribution in [1.29, 1.82) is 0 Å². The molecule has 0 heterocycles. The minimum absolute atomic E-state index is 0.149. The van der Waals surface area contributed by atoms with E-state index in [4.69, 9.17) is 0 Å². The molecule has 4 nitrogen and oxygen atoms in total. The number of halogens is 2. The molecule has 37 heavy (non-hydrogen) atoms. The molecule has 0 saturated heterocycles. The Bertz CT molecular complexity index is 1310. The predicted molar refractivity (Wildman–Crippen MR) is 159 cm³/mol. The van der Waals surface area contributed by atoms with Crippen LogP contribution in [0, 0.1) is 13.8 Å². The van der Waals surface area contributed by atoms with Crippen LogP contribution < -0.4 is 10.6 Å². The van der Waals surface area contributed by atoms with Crippen LogP contribution in [0.25, 0.3) is 0 Å². The maximum atomic E-state index is 12.7. The van der Waals surface area contributed by atoms with E-state index in [9.17, 15) is 9.59 Å². The summed E-state index contributed by atoms with van der Waals surface area (Å²) in [5.74, 6) is -0.298. The Hall–Kier alpha value is -3.22. The van der Waals surface area contributed by atoms with Crippen molar-refractivity contribution in [2.75, 3.05) is 10.6 Å². The van der Waals surface area contributed by atoms with E-state index in [1.807, 2.05) is 50.2 Å². The van der Waals surface area contributed by atoms with Gasteiger partial charge in [0.1, 0.15) is 0 Å². The van der Waals surface area contributed by atoms with Gasteiger partial charge in [-0.15, -0.1) is 0 Å². The van der Waals surface area contributed by atoms with Crippen LogP contribution in [0.2, 0.25) is 0 Å². The molecule has 2 N–H and O–H groups in total. The average molecular weight is 620 g/mol. The van der Waals surface area contributed by atoms with Crippen molar-refractivity contribution in [2.24, 2.45) is 0 Å². The zero-order valence-electron chi connectivity index (χ0n) is 21.2. The van der Waals surface area contributed by atoms with Gasteiger partial charge in [-0.2, -0.15) is 0 Å². The zero-order valence-corrected chi connectivity index (χ0v) is 24.3. The van der Waals surface area contributed by atoms with Crippen LogP contribution >= 0.6 is 31.9 Å². The monoisotopic (exact) mass is 618 g/mol. The van der Waals surface area contributed by atoms with Crippen LogP contribution in [0.5, 0.6) is 0 Å². The van der Waals surface area contributed by atoms with E-state index in [2.05, 4.69) is 80.6 Å². The van der Waals surface area contributed by atoms with Gasteiger partial charge in [-0.25, -0.2) is 0 Å². The van der Waals surface area contributed by atoms with Gasteiger partial charge in [0.25, 0.3) is 11.8 Å². The Morgan fingerprint density at radius 1 is 0.622 bits per heavy atom. The molecule has 0 bridgehead atoms. The normalized spacial score (nSPS) is 11.2. The molecule has 0 radical (unpaired) electrons. The van der Waals surface area contributed by atoms with Gasteiger partial charge >= 0.3 is 0 Å². The fraction of sp³-hybridized carbons (Fsp3) is 0.161. The van der Waals surface area contributed by atoms with Crippen molar-refractivity contribution >= 4 is 55.0 Å². The highest BCUT2D eigenvalue weighted by Crippen LogP contribution is 2.40. The summed E-state index contributed by atoms with van der Waals surface area (Å²) < 4.78 is 1.64. The zero-order chi connectivity index (χ0) is 26.7. The van der Waals surface area contributed by atoms with E-state index in [1.54, 1.807) is 24.3 Å². The number of hydrogen-bond donors (Lipinski definition) is 2. The van der Waals surface area contributed by atoms with Gasteiger partial charge in [-0.1, -0.05) is 62.4 Å². The van der Waals surface area contributed by atoms with Crippen LogP contribution in [0.1, 0.15) is 56.8 Å². The fourth-order valence-corrected chi connectivity index (χ4v) is 5.56. The van der Waals surface area contributed by atoms with Crippen molar-refractivity contribution in [2.45, 2.75) is 33.1 Å². The Balaban J connectivity index is 1.61. The molecule has 0 unspecified atom stereocenters. The van der Waals surface area contributed by atoms with Crippen LogP contribution in [0.15, 0.2) is 93.9 Å². The van der Waals surface area contributed by atoms with Gasteiger partial charge in [-0.05, 0) is 104 Å². The SMILES string of the molecule is Cc1cc(C(C)(C)c2cc(C)c(NC(=O)c3ccccc3)c(Br)c2)cc(Br)c1NC(=O)c1ccccc1. The third kappa shape index (κ3) is 5.86. The van der Waals surface area contributed by atoms with Gasteiger partial charge in [0.2, 0.25) is 0 Å². The average Bonchev–Trinajstić information content (AvgIpc) is 2.88. The maximum Gasteiger partial charge on any atom is 0.255 e. The first kappa shape index (κ1) is 26.8. The molecule has 0 aromatic heterocycles. The highest BCUT2D eigenvalue weighted by Gasteiger charge is 2.27. The number of aryl methyl sites for hydroxylation is 2. The minimum atomic E-state index is -0.343. The number of hydrogen-bond acceptors (Lipinski definition) is 2. The van der Waals surface area contributed by atoms with Gasteiger partial charge < -0.3 is 10.6 Å². The Morgan fingerprint density at radius 3 is 1.30 bits per heavy atom.